The van der Waals surface area contributed by atoms with Gasteiger partial charge in [-0.2, -0.15) is 0 Å². The molecule has 0 fully saturated rings. The van der Waals surface area contributed by atoms with Gasteiger partial charge >= 0.3 is 5.97 Å². The van der Waals surface area contributed by atoms with Gasteiger partial charge in [-0.3, -0.25) is 14.4 Å². The first-order valence-corrected chi connectivity index (χ1v) is 10.6. The molecule has 1 aliphatic rings. The second kappa shape index (κ2) is 10.5. The van der Waals surface area contributed by atoms with Crippen LogP contribution in [0.2, 0.25) is 0 Å². The van der Waals surface area contributed by atoms with Crippen LogP contribution in [0.5, 0.6) is 5.75 Å². The average Bonchev–Trinajstić information content (AvgIpc) is 2.66. The van der Waals surface area contributed by atoms with Gasteiger partial charge in [0.1, 0.15) is 11.9 Å². The minimum absolute atomic E-state index is 0.00730. The Kier molecular flexibility index (Phi) is 8.34. The van der Waals surface area contributed by atoms with Gasteiger partial charge in [0.05, 0.1) is 18.6 Å². The number of benzene rings is 1. The Morgan fingerprint density at radius 3 is 2.48 bits per heavy atom. The van der Waals surface area contributed by atoms with Gasteiger partial charge in [0.15, 0.2) is 11.6 Å². The zero-order chi connectivity index (χ0) is 23.2. The minimum atomic E-state index is -0.826. The molecule has 0 saturated heterocycles. The standard InChI is InChI=1S/C25H32O6/c1-5-6-20-18(8-9-19(16(2)26)24(20)30)15-31-22-10-7-17(13-21(22)27)11-12-25(3,4)14-23(28)29/h7-10,13,22,30H,5-6,11-12,14-15H2,1-4H3,(H,28,29). The molecule has 0 spiro atoms. The molecule has 168 valence electrons. The quantitative estimate of drug-likeness (QED) is 0.492. The fraction of sp³-hybridized carbons (Fsp3) is 0.480. The van der Waals surface area contributed by atoms with Gasteiger partial charge in [-0.25, -0.2) is 0 Å². The van der Waals surface area contributed by atoms with Gasteiger partial charge in [0.25, 0.3) is 0 Å². The van der Waals surface area contributed by atoms with E-state index in [4.69, 9.17) is 9.84 Å². The van der Waals surface area contributed by atoms with Crippen molar-refractivity contribution >= 4 is 17.5 Å². The van der Waals surface area contributed by atoms with Crippen LogP contribution in [0.4, 0.5) is 0 Å². The van der Waals surface area contributed by atoms with Crippen LogP contribution in [0, 0.1) is 5.41 Å². The second-order valence-corrected chi connectivity index (χ2v) is 8.85. The number of hydrogen-bond donors (Lipinski definition) is 2. The van der Waals surface area contributed by atoms with Gasteiger partial charge < -0.3 is 14.9 Å². The number of Topliss-reactive ketones (excluding diaryl/α,β-unsaturated/α-hetero) is 1. The van der Waals surface area contributed by atoms with Crippen molar-refractivity contribution in [2.24, 2.45) is 5.41 Å². The molecule has 0 amide bonds. The molecule has 1 atom stereocenters. The van der Waals surface area contributed by atoms with Crippen molar-refractivity contribution in [1.29, 1.82) is 0 Å². The monoisotopic (exact) mass is 428 g/mol. The Hall–Kier alpha value is -2.73. The van der Waals surface area contributed by atoms with Crippen molar-refractivity contribution < 1.29 is 29.3 Å². The lowest BCUT2D eigenvalue weighted by Crippen LogP contribution is -2.23. The Morgan fingerprint density at radius 2 is 1.90 bits per heavy atom. The summed E-state index contributed by atoms with van der Waals surface area (Å²) in [7, 11) is 0. The van der Waals surface area contributed by atoms with Crippen LogP contribution in [-0.2, 0) is 27.4 Å². The van der Waals surface area contributed by atoms with Crippen molar-refractivity contribution in [1.82, 2.24) is 0 Å². The van der Waals surface area contributed by atoms with Crippen LogP contribution in [0.3, 0.4) is 0 Å². The number of carbonyl (C=O) groups excluding carboxylic acids is 2. The summed E-state index contributed by atoms with van der Waals surface area (Å²) < 4.78 is 5.82. The van der Waals surface area contributed by atoms with Crippen LogP contribution in [0.15, 0.2) is 35.9 Å². The molecule has 2 N–H and O–H groups in total. The summed E-state index contributed by atoms with van der Waals surface area (Å²) >= 11 is 0. The van der Waals surface area contributed by atoms with E-state index in [-0.39, 0.29) is 35.8 Å². The Balaban J connectivity index is 2.01. The van der Waals surface area contributed by atoms with Crippen molar-refractivity contribution in [2.45, 2.75) is 72.5 Å². The Morgan fingerprint density at radius 1 is 1.19 bits per heavy atom. The first kappa shape index (κ1) is 24.5. The smallest absolute Gasteiger partial charge is 0.303 e. The number of ether oxygens (including phenoxy) is 1. The largest absolute Gasteiger partial charge is 0.507 e. The number of ketones is 2. The molecule has 1 aliphatic carbocycles. The van der Waals surface area contributed by atoms with E-state index in [2.05, 4.69) is 0 Å². The van der Waals surface area contributed by atoms with Crippen molar-refractivity contribution in [3.63, 3.8) is 0 Å². The molecule has 1 aromatic rings. The lowest BCUT2D eigenvalue weighted by molar-refractivity contribution is -0.139. The minimum Gasteiger partial charge on any atom is -0.507 e. The molecule has 0 aliphatic heterocycles. The predicted octanol–water partition coefficient (Wildman–Crippen LogP) is 4.78. The van der Waals surface area contributed by atoms with Gasteiger partial charge in [0.2, 0.25) is 0 Å². The van der Waals surface area contributed by atoms with Gasteiger partial charge in [-0.1, -0.05) is 39.3 Å². The highest BCUT2D eigenvalue weighted by atomic mass is 16.5. The summed E-state index contributed by atoms with van der Waals surface area (Å²) in [5.74, 6) is -1.19. The van der Waals surface area contributed by atoms with Crippen LogP contribution >= 0.6 is 0 Å². The number of carboxylic acids is 1. The molecule has 0 bridgehead atoms. The Bertz CT molecular complexity index is 907. The molecular weight excluding hydrogens is 396 g/mol. The van der Waals surface area contributed by atoms with E-state index in [1.54, 1.807) is 24.3 Å². The summed E-state index contributed by atoms with van der Waals surface area (Å²) in [6.45, 7) is 7.36. The summed E-state index contributed by atoms with van der Waals surface area (Å²) in [4.78, 5) is 35.2. The number of carboxylic acid groups (broad SMARTS) is 1. The molecule has 6 heteroatoms. The van der Waals surface area contributed by atoms with Crippen molar-refractivity contribution in [3.05, 3.63) is 52.6 Å². The van der Waals surface area contributed by atoms with E-state index in [1.165, 1.54) is 6.92 Å². The molecule has 31 heavy (non-hydrogen) atoms. The van der Waals surface area contributed by atoms with Crippen LogP contribution in [-0.4, -0.2) is 33.9 Å². The summed E-state index contributed by atoms with van der Waals surface area (Å²) in [6.07, 6.45) is 7.19. The zero-order valence-corrected chi connectivity index (χ0v) is 18.7. The van der Waals surface area contributed by atoms with E-state index in [0.717, 1.165) is 17.6 Å². The topological polar surface area (TPSA) is 101 Å². The predicted molar refractivity (Wildman–Crippen MR) is 118 cm³/mol. The fourth-order valence-corrected chi connectivity index (χ4v) is 3.70. The lowest BCUT2D eigenvalue weighted by Gasteiger charge is -2.23. The number of aromatic hydroxyl groups is 1. The number of carbonyl (C=O) groups is 3. The first-order chi connectivity index (χ1) is 14.5. The maximum Gasteiger partial charge on any atom is 0.303 e. The molecular formula is C25H32O6. The lowest BCUT2D eigenvalue weighted by atomic mass is 9.82. The highest BCUT2D eigenvalue weighted by molar-refractivity contribution is 5.98. The summed E-state index contributed by atoms with van der Waals surface area (Å²) in [5.41, 5.74) is 2.24. The van der Waals surface area contributed by atoms with E-state index < -0.39 is 12.1 Å². The first-order valence-electron chi connectivity index (χ1n) is 10.6. The zero-order valence-electron chi connectivity index (χ0n) is 18.7. The summed E-state index contributed by atoms with van der Waals surface area (Å²) in [5, 5.41) is 19.5. The number of phenolic OH excluding ortho intramolecular Hbond substituents is 1. The molecule has 0 radical (unpaired) electrons. The normalized spacial score (nSPS) is 16.3. The van der Waals surface area contributed by atoms with Crippen LogP contribution in [0.25, 0.3) is 0 Å². The molecule has 1 unspecified atom stereocenters. The van der Waals surface area contributed by atoms with Crippen LogP contribution in [0.1, 0.15) is 74.9 Å². The summed E-state index contributed by atoms with van der Waals surface area (Å²) in [6, 6.07) is 3.36. The molecule has 1 aromatic carbocycles. The van der Waals surface area contributed by atoms with Crippen LogP contribution < -0.4 is 0 Å². The highest BCUT2D eigenvalue weighted by Gasteiger charge is 2.24. The van der Waals surface area contributed by atoms with Gasteiger partial charge in [-0.05, 0) is 61.0 Å². The molecule has 2 rings (SSSR count). The van der Waals surface area contributed by atoms with E-state index in [9.17, 15) is 19.5 Å². The highest BCUT2D eigenvalue weighted by Crippen LogP contribution is 2.31. The maximum absolute atomic E-state index is 12.5. The van der Waals surface area contributed by atoms with Crippen molar-refractivity contribution in [3.8, 4) is 5.75 Å². The van der Waals surface area contributed by atoms with Gasteiger partial charge in [0, 0.05) is 5.56 Å². The molecule has 0 aromatic heterocycles. The van der Waals surface area contributed by atoms with E-state index in [1.807, 2.05) is 26.8 Å². The Labute approximate surface area is 183 Å². The fourth-order valence-electron chi connectivity index (χ4n) is 3.70. The number of phenols is 1. The number of aliphatic carboxylic acids is 1. The number of allylic oxidation sites excluding steroid dienone is 2. The maximum atomic E-state index is 12.5. The number of hydrogen-bond acceptors (Lipinski definition) is 5. The number of rotatable bonds is 11. The second-order valence-electron chi connectivity index (χ2n) is 8.85. The molecule has 0 heterocycles. The van der Waals surface area contributed by atoms with Crippen molar-refractivity contribution in [2.75, 3.05) is 0 Å². The third-order valence-corrected chi connectivity index (χ3v) is 5.49. The molecule has 0 saturated carbocycles. The third kappa shape index (κ3) is 6.89. The van der Waals surface area contributed by atoms with E-state index in [0.29, 0.717) is 30.4 Å². The van der Waals surface area contributed by atoms with Gasteiger partial charge in [-0.15, -0.1) is 0 Å². The average molecular weight is 429 g/mol. The third-order valence-electron chi connectivity index (χ3n) is 5.49. The molecule has 6 nitrogen and oxygen atoms in total. The SMILES string of the molecule is CCCc1c(COC2C=CC(CCC(C)(C)CC(=O)O)=CC2=O)ccc(C(C)=O)c1O. The van der Waals surface area contributed by atoms with E-state index >= 15 is 0 Å².